The topological polar surface area (TPSA) is 57.6 Å². The monoisotopic (exact) mass is 267 g/mol. The average molecular weight is 267 g/mol. The largest absolute Gasteiger partial charge is 0.389 e. The number of pyridine rings is 1. The van der Waals surface area contributed by atoms with Crippen molar-refractivity contribution in [2.24, 2.45) is 0 Å². The number of nitrogens with one attached hydrogen (secondary N) is 1. The van der Waals surface area contributed by atoms with Crippen molar-refractivity contribution in [3.8, 4) is 0 Å². The number of hydrogen-bond acceptors (Lipinski definition) is 5. The Morgan fingerprint density at radius 3 is 2.89 bits per heavy atom. The molecule has 2 atom stereocenters. The van der Waals surface area contributed by atoms with E-state index in [-0.39, 0.29) is 6.04 Å². The van der Waals surface area contributed by atoms with Crippen LogP contribution in [0.1, 0.15) is 25.5 Å². The number of ether oxygens (including phenoxy) is 1. The van der Waals surface area contributed by atoms with Crippen molar-refractivity contribution < 1.29 is 9.84 Å². The Hall–Kier alpha value is -1.17. The van der Waals surface area contributed by atoms with Gasteiger partial charge in [0.25, 0.3) is 0 Å². The van der Waals surface area contributed by atoms with Gasteiger partial charge in [-0.15, -0.1) is 0 Å². The molecule has 0 bridgehead atoms. The van der Waals surface area contributed by atoms with Crippen molar-refractivity contribution in [2.45, 2.75) is 26.0 Å². The van der Waals surface area contributed by atoms with Crippen LogP contribution in [0.3, 0.4) is 0 Å². The second-order valence-electron chi connectivity index (χ2n) is 4.69. The molecule has 19 heavy (non-hydrogen) atoms. The molecule has 0 fully saturated rings. The first-order valence-electron chi connectivity index (χ1n) is 6.66. The van der Waals surface area contributed by atoms with Crippen LogP contribution >= 0.6 is 0 Å². The van der Waals surface area contributed by atoms with Gasteiger partial charge in [0.05, 0.1) is 12.7 Å². The summed E-state index contributed by atoms with van der Waals surface area (Å²) in [5.41, 5.74) is 1.14. The summed E-state index contributed by atoms with van der Waals surface area (Å²) in [7, 11) is 3.52. The van der Waals surface area contributed by atoms with Gasteiger partial charge >= 0.3 is 0 Å². The van der Waals surface area contributed by atoms with Gasteiger partial charge in [0.2, 0.25) is 0 Å². The van der Waals surface area contributed by atoms with E-state index in [0.29, 0.717) is 13.2 Å². The van der Waals surface area contributed by atoms with Gasteiger partial charge in [0.1, 0.15) is 5.82 Å². The molecule has 1 rings (SSSR count). The Labute approximate surface area is 115 Å². The zero-order chi connectivity index (χ0) is 14.3. The van der Waals surface area contributed by atoms with Crippen LogP contribution in [0.4, 0.5) is 5.82 Å². The molecule has 0 amide bonds. The SMILES string of the molecule is CCNC(C)c1cccnc1N(C)CC(O)COC. The highest BCUT2D eigenvalue weighted by Crippen LogP contribution is 2.22. The summed E-state index contributed by atoms with van der Waals surface area (Å²) in [5, 5.41) is 13.2. The van der Waals surface area contributed by atoms with Gasteiger partial charge in [-0.25, -0.2) is 4.98 Å². The van der Waals surface area contributed by atoms with Crippen LogP contribution in [-0.2, 0) is 4.74 Å². The summed E-state index contributed by atoms with van der Waals surface area (Å²) < 4.78 is 4.95. The number of aliphatic hydroxyl groups is 1. The fourth-order valence-electron chi connectivity index (χ4n) is 2.13. The van der Waals surface area contributed by atoms with Crippen molar-refractivity contribution in [1.82, 2.24) is 10.3 Å². The van der Waals surface area contributed by atoms with Crippen LogP contribution in [0, 0.1) is 0 Å². The standard InChI is InChI=1S/C14H25N3O2/c1-5-15-11(2)13-7-6-8-16-14(13)17(3)9-12(18)10-19-4/h6-8,11-12,15,18H,5,9-10H2,1-4H3. The second kappa shape index (κ2) is 8.09. The molecule has 0 aromatic carbocycles. The maximum atomic E-state index is 9.80. The first-order chi connectivity index (χ1) is 9.10. The van der Waals surface area contributed by atoms with Crippen molar-refractivity contribution >= 4 is 5.82 Å². The third-order valence-electron chi connectivity index (χ3n) is 3.00. The van der Waals surface area contributed by atoms with E-state index >= 15 is 0 Å². The summed E-state index contributed by atoms with van der Waals surface area (Å²) in [5.74, 6) is 0.895. The van der Waals surface area contributed by atoms with Crippen LogP contribution in [0.25, 0.3) is 0 Å². The molecule has 108 valence electrons. The first kappa shape index (κ1) is 15.9. The van der Waals surface area contributed by atoms with Crippen molar-refractivity contribution in [3.05, 3.63) is 23.9 Å². The number of methoxy groups -OCH3 is 1. The predicted molar refractivity (Wildman–Crippen MR) is 77.5 cm³/mol. The van der Waals surface area contributed by atoms with E-state index in [1.54, 1.807) is 13.3 Å². The summed E-state index contributed by atoms with van der Waals surface area (Å²) >= 11 is 0. The molecule has 1 aromatic rings. The molecule has 5 nitrogen and oxygen atoms in total. The molecule has 0 saturated heterocycles. The van der Waals surface area contributed by atoms with Crippen LogP contribution in [0.15, 0.2) is 18.3 Å². The lowest BCUT2D eigenvalue weighted by Crippen LogP contribution is -2.33. The number of aromatic nitrogens is 1. The molecule has 5 heteroatoms. The second-order valence-corrected chi connectivity index (χ2v) is 4.69. The van der Waals surface area contributed by atoms with Gasteiger partial charge in [-0.2, -0.15) is 0 Å². The molecule has 0 aliphatic rings. The van der Waals surface area contributed by atoms with Gasteiger partial charge in [-0.05, 0) is 19.5 Å². The van der Waals surface area contributed by atoms with Crippen molar-refractivity contribution in [1.29, 1.82) is 0 Å². The minimum absolute atomic E-state index is 0.232. The molecule has 0 radical (unpaired) electrons. The van der Waals surface area contributed by atoms with Crippen LogP contribution in [0.5, 0.6) is 0 Å². The van der Waals surface area contributed by atoms with Gasteiger partial charge in [-0.3, -0.25) is 0 Å². The van der Waals surface area contributed by atoms with E-state index in [0.717, 1.165) is 17.9 Å². The van der Waals surface area contributed by atoms with E-state index in [1.807, 2.05) is 18.0 Å². The lowest BCUT2D eigenvalue weighted by Gasteiger charge is -2.25. The van der Waals surface area contributed by atoms with E-state index in [4.69, 9.17) is 4.74 Å². The molecule has 0 saturated carbocycles. The maximum Gasteiger partial charge on any atom is 0.133 e. The van der Waals surface area contributed by atoms with E-state index in [9.17, 15) is 5.11 Å². The first-order valence-corrected chi connectivity index (χ1v) is 6.66. The smallest absolute Gasteiger partial charge is 0.133 e. The number of hydrogen-bond donors (Lipinski definition) is 2. The third kappa shape index (κ3) is 4.78. The number of anilines is 1. The van der Waals surface area contributed by atoms with Crippen LogP contribution in [-0.4, -0.2) is 50.0 Å². The molecule has 0 spiro atoms. The zero-order valence-corrected chi connectivity index (χ0v) is 12.3. The van der Waals surface area contributed by atoms with E-state index in [1.165, 1.54) is 0 Å². The highest BCUT2D eigenvalue weighted by molar-refractivity contribution is 5.47. The quantitative estimate of drug-likeness (QED) is 0.741. The molecule has 2 N–H and O–H groups in total. The molecular formula is C14H25N3O2. The van der Waals surface area contributed by atoms with E-state index in [2.05, 4.69) is 30.2 Å². The highest BCUT2D eigenvalue weighted by Gasteiger charge is 2.16. The average Bonchev–Trinajstić information content (AvgIpc) is 2.39. The van der Waals surface area contributed by atoms with Crippen LogP contribution < -0.4 is 10.2 Å². The lowest BCUT2D eigenvalue weighted by atomic mass is 10.1. The molecule has 1 aromatic heterocycles. The number of aliphatic hydroxyl groups excluding tert-OH is 1. The minimum Gasteiger partial charge on any atom is -0.389 e. The Morgan fingerprint density at radius 2 is 2.26 bits per heavy atom. The fourth-order valence-corrected chi connectivity index (χ4v) is 2.13. The molecular weight excluding hydrogens is 242 g/mol. The number of nitrogens with zero attached hydrogens (tertiary/aromatic N) is 2. The van der Waals surface area contributed by atoms with Gasteiger partial charge in [-0.1, -0.05) is 13.0 Å². The number of likely N-dealkylation sites (N-methyl/N-ethyl adjacent to an activating group) is 1. The van der Waals surface area contributed by atoms with Crippen molar-refractivity contribution in [2.75, 3.05) is 38.8 Å². The van der Waals surface area contributed by atoms with Crippen molar-refractivity contribution in [3.63, 3.8) is 0 Å². The summed E-state index contributed by atoms with van der Waals surface area (Å²) in [6.45, 7) is 5.93. The van der Waals surface area contributed by atoms with Gasteiger partial charge in [0, 0.05) is 38.5 Å². The Balaban J connectivity index is 2.81. The normalized spacial score (nSPS) is 14.2. The summed E-state index contributed by atoms with van der Waals surface area (Å²) in [6.07, 6.45) is 1.26. The lowest BCUT2D eigenvalue weighted by molar-refractivity contribution is 0.0694. The molecule has 0 aliphatic carbocycles. The molecule has 2 unspecified atom stereocenters. The molecule has 0 aliphatic heterocycles. The van der Waals surface area contributed by atoms with Gasteiger partial charge in [0.15, 0.2) is 0 Å². The van der Waals surface area contributed by atoms with E-state index < -0.39 is 6.10 Å². The number of rotatable bonds is 8. The minimum atomic E-state index is -0.515. The zero-order valence-electron chi connectivity index (χ0n) is 12.3. The maximum absolute atomic E-state index is 9.80. The van der Waals surface area contributed by atoms with Gasteiger partial charge < -0.3 is 20.1 Å². The van der Waals surface area contributed by atoms with Crippen LogP contribution in [0.2, 0.25) is 0 Å². The highest BCUT2D eigenvalue weighted by atomic mass is 16.5. The third-order valence-corrected chi connectivity index (χ3v) is 3.00. The Morgan fingerprint density at radius 1 is 1.53 bits per heavy atom. The molecule has 1 heterocycles. The predicted octanol–water partition coefficient (Wildman–Crippen LogP) is 1.20. The summed E-state index contributed by atoms with van der Waals surface area (Å²) in [6, 6.07) is 4.23. The summed E-state index contributed by atoms with van der Waals surface area (Å²) in [4.78, 5) is 6.39. The fraction of sp³-hybridized carbons (Fsp3) is 0.643. The Bertz CT molecular complexity index is 373. The Kier molecular flexibility index (Phi) is 6.77.